The molecule has 0 radical (unpaired) electrons. The van der Waals surface area contributed by atoms with Crippen molar-refractivity contribution in [3.8, 4) is 0 Å². The summed E-state index contributed by atoms with van der Waals surface area (Å²) in [7, 11) is 0. The average molecular weight is 377 g/mol. The molecule has 1 amide bonds. The lowest BCUT2D eigenvalue weighted by Gasteiger charge is -2.38. The zero-order valence-electron chi connectivity index (χ0n) is 17.2. The van der Waals surface area contributed by atoms with E-state index in [9.17, 15) is 9.59 Å². The molecule has 2 rings (SSSR count). The molecular weight excluding hydrogens is 346 g/mol. The highest BCUT2D eigenvalue weighted by atomic mass is 16.8. The summed E-state index contributed by atoms with van der Waals surface area (Å²) in [5.41, 5.74) is -0.0877. The van der Waals surface area contributed by atoms with Gasteiger partial charge in [-0.3, -0.25) is 0 Å². The number of carbonyl (C=O) groups is 2. The molecule has 27 heavy (non-hydrogen) atoms. The molecule has 1 aliphatic carbocycles. The molecule has 0 aliphatic heterocycles. The highest BCUT2D eigenvalue weighted by molar-refractivity contribution is 5.70. The van der Waals surface area contributed by atoms with Crippen LogP contribution in [-0.2, 0) is 14.3 Å². The number of hydrogen-bond acceptors (Lipinski definition) is 5. The van der Waals surface area contributed by atoms with Gasteiger partial charge in [0.15, 0.2) is 0 Å². The van der Waals surface area contributed by atoms with Crippen molar-refractivity contribution in [3.63, 3.8) is 0 Å². The van der Waals surface area contributed by atoms with E-state index in [-0.39, 0.29) is 12.5 Å². The van der Waals surface area contributed by atoms with Gasteiger partial charge in [-0.1, -0.05) is 30.3 Å². The molecule has 0 bridgehead atoms. The second kappa shape index (κ2) is 8.19. The molecule has 0 unspecified atom stereocenters. The van der Waals surface area contributed by atoms with Crippen LogP contribution in [0.3, 0.4) is 0 Å². The van der Waals surface area contributed by atoms with E-state index in [0.29, 0.717) is 5.92 Å². The van der Waals surface area contributed by atoms with Crippen LogP contribution in [0.15, 0.2) is 30.3 Å². The summed E-state index contributed by atoms with van der Waals surface area (Å²) in [6.45, 7) is 10.8. The number of ether oxygens (including phenoxy) is 2. The molecular formula is C21H31NO5. The topological polar surface area (TPSA) is 65.1 Å². The molecule has 1 aromatic carbocycles. The van der Waals surface area contributed by atoms with E-state index in [1.54, 1.807) is 41.5 Å². The molecule has 1 saturated carbocycles. The van der Waals surface area contributed by atoms with E-state index < -0.39 is 23.5 Å². The molecule has 6 nitrogen and oxygen atoms in total. The second-order valence-electron chi connectivity index (χ2n) is 9.04. The Morgan fingerprint density at radius 2 is 1.52 bits per heavy atom. The van der Waals surface area contributed by atoms with Gasteiger partial charge in [-0.25, -0.2) is 9.59 Å². The first-order chi connectivity index (χ1) is 12.4. The number of benzene rings is 1. The molecule has 0 aromatic heterocycles. The fraction of sp³-hybridized carbons (Fsp3) is 0.619. The lowest BCUT2D eigenvalue weighted by Crippen LogP contribution is -2.44. The third kappa shape index (κ3) is 7.12. The van der Waals surface area contributed by atoms with Gasteiger partial charge in [-0.15, -0.1) is 5.06 Å². The number of carbonyl (C=O) groups excluding carboxylic acids is 2. The van der Waals surface area contributed by atoms with Crippen LogP contribution in [0.1, 0.15) is 65.9 Å². The molecule has 6 heteroatoms. The first-order valence-corrected chi connectivity index (χ1v) is 9.39. The Labute approximate surface area is 161 Å². The summed E-state index contributed by atoms with van der Waals surface area (Å²) in [5, 5.41) is 0.991. The largest absolute Gasteiger partial charge is 0.534 e. The van der Waals surface area contributed by atoms with Gasteiger partial charge in [0.1, 0.15) is 11.2 Å². The van der Waals surface area contributed by atoms with Crippen LogP contribution in [0.4, 0.5) is 9.59 Å². The molecule has 0 saturated heterocycles. The maximum absolute atomic E-state index is 12.5. The minimum Gasteiger partial charge on any atom is -0.442 e. The lowest BCUT2D eigenvalue weighted by atomic mass is 9.71. The number of rotatable bonds is 3. The van der Waals surface area contributed by atoms with E-state index in [1.807, 2.05) is 18.2 Å². The van der Waals surface area contributed by atoms with Gasteiger partial charge in [-0.2, -0.15) is 0 Å². The predicted octanol–water partition coefficient (Wildman–Crippen LogP) is 5.28. The molecule has 150 valence electrons. The van der Waals surface area contributed by atoms with Gasteiger partial charge in [0.2, 0.25) is 0 Å². The number of nitrogens with zero attached hydrogens (tertiary/aromatic N) is 1. The molecule has 0 atom stereocenters. The van der Waals surface area contributed by atoms with E-state index in [1.165, 1.54) is 5.56 Å². The Balaban J connectivity index is 1.96. The minimum absolute atomic E-state index is 0.241. The average Bonchev–Trinajstić information content (AvgIpc) is 2.46. The van der Waals surface area contributed by atoms with Crippen molar-refractivity contribution in [1.82, 2.24) is 5.06 Å². The van der Waals surface area contributed by atoms with Gasteiger partial charge in [0.25, 0.3) is 0 Å². The summed E-state index contributed by atoms with van der Waals surface area (Å²) in [5.74, 6) is 0.711. The van der Waals surface area contributed by atoms with Crippen molar-refractivity contribution < 1.29 is 23.9 Å². The summed E-state index contributed by atoms with van der Waals surface area (Å²) < 4.78 is 10.5. The Kier molecular flexibility index (Phi) is 6.39. The Hall–Kier alpha value is -2.24. The Morgan fingerprint density at radius 1 is 0.963 bits per heavy atom. The molecule has 1 aliphatic rings. The predicted molar refractivity (Wildman–Crippen MR) is 102 cm³/mol. The Bertz CT molecular complexity index is 639. The summed E-state index contributed by atoms with van der Waals surface area (Å²) in [6, 6.07) is 10.3. The van der Waals surface area contributed by atoms with Gasteiger partial charge in [0.05, 0.1) is 6.54 Å². The van der Waals surface area contributed by atoms with Crippen molar-refractivity contribution in [2.24, 2.45) is 5.92 Å². The third-order valence-corrected chi connectivity index (χ3v) is 4.10. The van der Waals surface area contributed by atoms with Crippen molar-refractivity contribution in [2.45, 2.75) is 71.5 Å². The van der Waals surface area contributed by atoms with E-state index in [4.69, 9.17) is 14.3 Å². The monoisotopic (exact) mass is 377 g/mol. The number of hydrogen-bond donors (Lipinski definition) is 0. The number of amides is 1. The summed E-state index contributed by atoms with van der Waals surface area (Å²) in [4.78, 5) is 29.7. The maximum Gasteiger partial charge on any atom is 0.534 e. The van der Waals surface area contributed by atoms with Gasteiger partial charge in [-0.05, 0) is 71.8 Å². The summed E-state index contributed by atoms with van der Waals surface area (Å²) >= 11 is 0. The zero-order chi connectivity index (χ0) is 20.2. The van der Waals surface area contributed by atoms with Gasteiger partial charge < -0.3 is 14.3 Å². The van der Waals surface area contributed by atoms with Gasteiger partial charge >= 0.3 is 12.2 Å². The van der Waals surface area contributed by atoms with Gasteiger partial charge in [0, 0.05) is 0 Å². The van der Waals surface area contributed by atoms with E-state index in [0.717, 1.165) is 17.9 Å². The molecule has 1 aromatic rings. The van der Waals surface area contributed by atoms with E-state index in [2.05, 4.69) is 12.1 Å². The molecule has 0 N–H and O–H groups in total. The minimum atomic E-state index is -0.910. The summed E-state index contributed by atoms with van der Waals surface area (Å²) in [6.07, 6.45) is 0.269. The highest BCUT2D eigenvalue weighted by Crippen LogP contribution is 2.42. The van der Waals surface area contributed by atoms with Crippen LogP contribution in [-0.4, -0.2) is 35.1 Å². The molecule has 0 heterocycles. The maximum atomic E-state index is 12.5. The van der Waals surface area contributed by atoms with Crippen LogP contribution in [0.25, 0.3) is 0 Å². The van der Waals surface area contributed by atoms with Crippen LogP contribution in [0, 0.1) is 5.92 Å². The van der Waals surface area contributed by atoms with Crippen molar-refractivity contribution >= 4 is 12.2 Å². The third-order valence-electron chi connectivity index (χ3n) is 4.10. The van der Waals surface area contributed by atoms with Crippen LogP contribution < -0.4 is 0 Å². The van der Waals surface area contributed by atoms with E-state index >= 15 is 0 Å². The quantitative estimate of drug-likeness (QED) is 0.529. The van der Waals surface area contributed by atoms with Crippen molar-refractivity contribution in [3.05, 3.63) is 35.9 Å². The molecule has 1 fully saturated rings. The Morgan fingerprint density at radius 3 is 2.04 bits per heavy atom. The SMILES string of the molecule is CC(C)(C)OC(=O)ON(C[C@H]1C[C@@H](c2ccccc2)C1)C(=O)OC(C)(C)C. The van der Waals surface area contributed by atoms with Crippen molar-refractivity contribution in [1.29, 1.82) is 0 Å². The first-order valence-electron chi connectivity index (χ1n) is 9.39. The number of hydroxylamine groups is 2. The van der Waals surface area contributed by atoms with Crippen LogP contribution in [0.5, 0.6) is 0 Å². The molecule has 0 spiro atoms. The zero-order valence-corrected chi connectivity index (χ0v) is 17.2. The highest BCUT2D eigenvalue weighted by Gasteiger charge is 2.36. The standard InChI is InChI=1S/C21H31NO5/c1-20(2,3)25-18(23)22(27-19(24)26-21(4,5)6)14-15-12-17(13-15)16-10-8-7-9-11-16/h7-11,15,17H,12-14H2,1-6H3/t15-,17+. The fourth-order valence-corrected chi connectivity index (χ4v) is 2.94. The van der Waals surface area contributed by atoms with Crippen molar-refractivity contribution in [2.75, 3.05) is 6.54 Å². The lowest BCUT2D eigenvalue weighted by molar-refractivity contribution is -0.145. The second-order valence-corrected chi connectivity index (χ2v) is 9.04. The van der Waals surface area contributed by atoms with Crippen LogP contribution >= 0.6 is 0 Å². The smallest absolute Gasteiger partial charge is 0.442 e. The van der Waals surface area contributed by atoms with Crippen LogP contribution in [0.2, 0.25) is 0 Å². The first kappa shape index (κ1) is 21.1. The normalized spacial score (nSPS) is 19.6. The fourth-order valence-electron chi connectivity index (χ4n) is 2.94.